The fraction of sp³-hybridized carbons (Fsp3) is 0.471. The van der Waals surface area contributed by atoms with Gasteiger partial charge in [0.2, 0.25) is 0 Å². The van der Waals surface area contributed by atoms with Gasteiger partial charge in [-0.3, -0.25) is 4.68 Å². The second-order valence-electron chi connectivity index (χ2n) is 5.26. The average Bonchev–Trinajstić information content (AvgIpc) is 2.86. The number of aromatic nitrogens is 2. The van der Waals surface area contributed by atoms with Gasteiger partial charge >= 0.3 is 0 Å². The fourth-order valence-electron chi connectivity index (χ4n) is 2.64. The van der Waals surface area contributed by atoms with Crippen LogP contribution in [0.5, 0.6) is 0 Å². The second kappa shape index (κ2) is 7.25. The van der Waals surface area contributed by atoms with E-state index in [1.807, 2.05) is 18.8 Å². The van der Waals surface area contributed by atoms with Crippen LogP contribution in [0, 0.1) is 0 Å². The van der Waals surface area contributed by atoms with Crippen LogP contribution in [0.25, 0.3) is 0 Å². The van der Waals surface area contributed by atoms with Crippen LogP contribution < -0.4 is 5.32 Å². The number of rotatable bonds is 7. The highest BCUT2D eigenvalue weighted by molar-refractivity contribution is 5.16. The van der Waals surface area contributed by atoms with Crippen molar-refractivity contribution in [3.05, 3.63) is 53.3 Å². The Morgan fingerprint density at radius 1 is 1.25 bits per heavy atom. The Balaban J connectivity index is 1.93. The zero-order valence-corrected chi connectivity index (χ0v) is 12.8. The van der Waals surface area contributed by atoms with Crippen LogP contribution in [0.1, 0.15) is 42.8 Å². The topological polar surface area (TPSA) is 29.9 Å². The zero-order chi connectivity index (χ0) is 14.4. The monoisotopic (exact) mass is 271 g/mol. The van der Waals surface area contributed by atoms with Crippen molar-refractivity contribution in [2.45, 2.75) is 38.6 Å². The van der Waals surface area contributed by atoms with E-state index in [4.69, 9.17) is 0 Å². The highest BCUT2D eigenvalue weighted by atomic mass is 15.3. The standard InChI is InChI=1S/C17H25N3/c1-4-15-13-17(20(3)19-15)16(18-2)12-8-11-14-9-6-5-7-10-14/h5-7,9-10,13,16,18H,4,8,11-12H2,1-3H3. The largest absolute Gasteiger partial charge is 0.312 e. The van der Waals surface area contributed by atoms with Crippen molar-refractivity contribution < 1.29 is 0 Å². The van der Waals surface area contributed by atoms with Crippen molar-refractivity contribution in [2.24, 2.45) is 7.05 Å². The van der Waals surface area contributed by atoms with E-state index in [-0.39, 0.29) is 0 Å². The minimum atomic E-state index is 0.386. The average molecular weight is 271 g/mol. The molecule has 0 spiro atoms. The molecule has 1 N–H and O–H groups in total. The maximum absolute atomic E-state index is 4.54. The fourth-order valence-corrected chi connectivity index (χ4v) is 2.64. The van der Waals surface area contributed by atoms with Crippen LogP contribution in [-0.4, -0.2) is 16.8 Å². The van der Waals surface area contributed by atoms with Gasteiger partial charge in [0, 0.05) is 13.1 Å². The van der Waals surface area contributed by atoms with Crippen LogP contribution in [0.2, 0.25) is 0 Å². The van der Waals surface area contributed by atoms with Crippen molar-refractivity contribution in [1.29, 1.82) is 0 Å². The SMILES string of the molecule is CCc1cc(C(CCCc2ccccc2)NC)n(C)n1. The zero-order valence-electron chi connectivity index (χ0n) is 12.8. The van der Waals surface area contributed by atoms with Crippen molar-refractivity contribution in [1.82, 2.24) is 15.1 Å². The van der Waals surface area contributed by atoms with Gasteiger partial charge in [-0.1, -0.05) is 37.3 Å². The molecule has 0 saturated heterocycles. The maximum atomic E-state index is 4.54. The van der Waals surface area contributed by atoms with Crippen LogP contribution in [0.3, 0.4) is 0 Å². The van der Waals surface area contributed by atoms with E-state index in [2.05, 4.69) is 53.7 Å². The van der Waals surface area contributed by atoms with Crippen LogP contribution >= 0.6 is 0 Å². The van der Waals surface area contributed by atoms with Crippen molar-refractivity contribution in [3.8, 4) is 0 Å². The summed E-state index contributed by atoms with van der Waals surface area (Å²) in [5, 5.41) is 7.96. The Bertz CT molecular complexity index is 516. The molecule has 0 bridgehead atoms. The summed E-state index contributed by atoms with van der Waals surface area (Å²) in [7, 11) is 4.07. The summed E-state index contributed by atoms with van der Waals surface area (Å²) < 4.78 is 2.02. The second-order valence-corrected chi connectivity index (χ2v) is 5.26. The molecule has 1 atom stereocenters. The number of nitrogens with one attached hydrogen (secondary N) is 1. The van der Waals surface area contributed by atoms with Gasteiger partial charge in [0.05, 0.1) is 11.4 Å². The van der Waals surface area contributed by atoms with Gasteiger partial charge in [-0.25, -0.2) is 0 Å². The summed E-state index contributed by atoms with van der Waals surface area (Å²) in [6, 6.07) is 13.3. The molecular formula is C17H25N3. The molecule has 0 aliphatic heterocycles. The van der Waals surface area contributed by atoms with Crippen LogP contribution in [0.4, 0.5) is 0 Å². The first-order valence-electron chi connectivity index (χ1n) is 7.48. The lowest BCUT2D eigenvalue weighted by Gasteiger charge is -2.16. The summed E-state index contributed by atoms with van der Waals surface area (Å²) >= 11 is 0. The highest BCUT2D eigenvalue weighted by Crippen LogP contribution is 2.20. The molecule has 2 aromatic rings. The third-order valence-corrected chi connectivity index (χ3v) is 3.84. The van der Waals surface area contributed by atoms with Gasteiger partial charge in [-0.2, -0.15) is 5.10 Å². The first kappa shape index (κ1) is 14.8. The van der Waals surface area contributed by atoms with E-state index >= 15 is 0 Å². The van der Waals surface area contributed by atoms with Crippen LogP contribution in [0.15, 0.2) is 36.4 Å². The number of nitrogens with zero attached hydrogens (tertiary/aromatic N) is 2. The molecule has 1 heterocycles. The summed E-state index contributed by atoms with van der Waals surface area (Å²) in [5.74, 6) is 0. The molecule has 0 fully saturated rings. The lowest BCUT2D eigenvalue weighted by molar-refractivity contribution is 0.490. The number of aryl methyl sites for hydroxylation is 3. The molecule has 0 aliphatic rings. The summed E-state index contributed by atoms with van der Waals surface area (Å²) in [4.78, 5) is 0. The van der Waals surface area contributed by atoms with Crippen LogP contribution in [-0.2, 0) is 19.9 Å². The molecule has 3 nitrogen and oxygen atoms in total. The van der Waals surface area contributed by atoms with Crippen molar-refractivity contribution in [3.63, 3.8) is 0 Å². The number of hydrogen-bond acceptors (Lipinski definition) is 2. The highest BCUT2D eigenvalue weighted by Gasteiger charge is 2.14. The third-order valence-electron chi connectivity index (χ3n) is 3.84. The predicted octanol–water partition coefficient (Wildman–Crippen LogP) is 3.27. The summed E-state index contributed by atoms with van der Waals surface area (Å²) in [5.41, 5.74) is 3.88. The molecule has 3 heteroatoms. The van der Waals surface area contributed by atoms with Gasteiger partial charge in [0.25, 0.3) is 0 Å². The normalized spacial score (nSPS) is 12.6. The molecule has 108 valence electrons. The maximum Gasteiger partial charge on any atom is 0.0625 e. The van der Waals surface area contributed by atoms with Gasteiger partial charge in [-0.05, 0) is 44.4 Å². The van der Waals surface area contributed by atoms with E-state index in [0.717, 1.165) is 19.3 Å². The van der Waals surface area contributed by atoms with Crippen molar-refractivity contribution in [2.75, 3.05) is 7.05 Å². The molecule has 1 unspecified atom stereocenters. The Hall–Kier alpha value is -1.61. The molecule has 1 aromatic heterocycles. The van der Waals surface area contributed by atoms with Gasteiger partial charge in [0.1, 0.15) is 0 Å². The van der Waals surface area contributed by atoms with Gasteiger partial charge < -0.3 is 5.32 Å². The van der Waals surface area contributed by atoms with Crippen molar-refractivity contribution >= 4 is 0 Å². The Labute approximate surface area is 122 Å². The smallest absolute Gasteiger partial charge is 0.0625 e. The number of hydrogen-bond donors (Lipinski definition) is 1. The van der Waals surface area contributed by atoms with E-state index in [9.17, 15) is 0 Å². The van der Waals surface area contributed by atoms with E-state index in [1.54, 1.807) is 0 Å². The first-order valence-corrected chi connectivity index (χ1v) is 7.48. The molecule has 0 saturated carbocycles. The van der Waals surface area contributed by atoms with E-state index in [0.29, 0.717) is 6.04 Å². The lowest BCUT2D eigenvalue weighted by Crippen LogP contribution is -2.19. The van der Waals surface area contributed by atoms with Gasteiger partial charge in [-0.15, -0.1) is 0 Å². The molecule has 0 amide bonds. The minimum Gasteiger partial charge on any atom is -0.312 e. The first-order chi connectivity index (χ1) is 9.74. The quantitative estimate of drug-likeness (QED) is 0.837. The Kier molecular flexibility index (Phi) is 5.36. The Morgan fingerprint density at radius 2 is 2.00 bits per heavy atom. The minimum absolute atomic E-state index is 0.386. The van der Waals surface area contributed by atoms with Gasteiger partial charge in [0.15, 0.2) is 0 Å². The third kappa shape index (κ3) is 3.70. The summed E-state index contributed by atoms with van der Waals surface area (Å²) in [6.45, 7) is 2.15. The lowest BCUT2D eigenvalue weighted by atomic mass is 10.0. The predicted molar refractivity (Wildman–Crippen MR) is 83.8 cm³/mol. The Morgan fingerprint density at radius 3 is 2.60 bits per heavy atom. The molecule has 2 rings (SSSR count). The molecule has 0 aliphatic carbocycles. The van der Waals surface area contributed by atoms with E-state index < -0.39 is 0 Å². The van der Waals surface area contributed by atoms with E-state index in [1.165, 1.54) is 23.4 Å². The molecular weight excluding hydrogens is 246 g/mol. The summed E-state index contributed by atoms with van der Waals surface area (Å²) in [6.07, 6.45) is 4.45. The molecule has 0 radical (unpaired) electrons. The molecule has 1 aromatic carbocycles. The number of benzene rings is 1. The molecule has 20 heavy (non-hydrogen) atoms.